The molecule has 1 unspecified atom stereocenters. The van der Waals surface area contributed by atoms with E-state index in [4.69, 9.17) is 26.2 Å². The monoisotopic (exact) mass is 851 g/mol. The van der Waals surface area contributed by atoms with E-state index >= 15 is 0 Å². The predicted octanol–water partition coefficient (Wildman–Crippen LogP) is 4.62. The zero-order chi connectivity index (χ0) is 43.5. The molecule has 4 saturated carbocycles. The van der Waals surface area contributed by atoms with Crippen molar-refractivity contribution in [2.45, 2.75) is 108 Å². The summed E-state index contributed by atoms with van der Waals surface area (Å²) in [7, 11) is 0. The van der Waals surface area contributed by atoms with Crippen LogP contribution < -0.4 is 10.1 Å². The Morgan fingerprint density at radius 2 is 1.85 bits per heavy atom. The molecule has 8 rings (SSSR count). The van der Waals surface area contributed by atoms with Crippen molar-refractivity contribution in [3.8, 4) is 11.6 Å². The quantitative estimate of drug-likeness (QED) is 0.0924. The van der Waals surface area contributed by atoms with E-state index in [0.29, 0.717) is 49.5 Å². The number of carbonyl (C=O) groups is 2. The lowest BCUT2D eigenvalue weighted by atomic mass is 9.45. The van der Waals surface area contributed by atoms with E-state index in [1.807, 2.05) is 39.0 Å². The van der Waals surface area contributed by atoms with Gasteiger partial charge in [0, 0.05) is 30.0 Å². The third-order valence-corrected chi connectivity index (χ3v) is 14.7. The van der Waals surface area contributed by atoms with Gasteiger partial charge in [0.1, 0.15) is 42.4 Å². The zero-order valence-electron chi connectivity index (χ0n) is 35.3. The Hall–Kier alpha value is -3.76. The van der Waals surface area contributed by atoms with Gasteiger partial charge in [0.2, 0.25) is 5.88 Å². The molecule has 14 nitrogen and oxygen atoms in total. The van der Waals surface area contributed by atoms with Crippen molar-refractivity contribution in [2.75, 3.05) is 33.0 Å². The highest BCUT2D eigenvalue weighted by Gasteiger charge is 2.74. The van der Waals surface area contributed by atoms with Crippen LogP contribution in [-0.2, 0) is 20.7 Å². The molecule has 9 atom stereocenters. The first kappa shape index (κ1) is 45.8. The van der Waals surface area contributed by atoms with Crippen molar-refractivity contribution in [1.82, 2.24) is 25.5 Å². The summed E-state index contributed by atoms with van der Waals surface area (Å²) in [6.07, 6.45) is 12.1. The third kappa shape index (κ3) is 9.06. The number of nitrogens with one attached hydrogen (secondary N) is 2. The number of benzene rings is 1. The number of aromatic nitrogens is 4. The predicted molar refractivity (Wildman–Crippen MR) is 226 cm³/mol. The minimum absolute atomic E-state index is 0.0428. The molecule has 1 aromatic carbocycles. The normalized spacial score (nSPS) is 32.1. The molecule has 0 radical (unpaired) electrons. The number of nitrogens with zero attached hydrogens (tertiary/aromatic N) is 3. The SMILES string of the molecule is CC(C)NCC(O)COc1ccc(CCOCC2CC2)cc1.C[C@H]1C[C@H]2[C@@H]3CCC4=CC(=O)C=C[C@]4(C)[C@@]3(Cl)[C@@H](O)C[C@]2(C)[C@@]1(O)C(=O)CO.Oc1ncnc2[nH]ncc12. The summed E-state index contributed by atoms with van der Waals surface area (Å²) in [5.41, 5.74) is -0.447. The number of hydrogen-bond acceptors (Lipinski definition) is 13. The van der Waals surface area contributed by atoms with Crippen LogP contribution in [0.5, 0.6) is 11.6 Å². The first-order valence-corrected chi connectivity index (χ1v) is 21.6. The molecule has 0 aliphatic heterocycles. The van der Waals surface area contributed by atoms with Gasteiger partial charge in [-0.3, -0.25) is 14.7 Å². The van der Waals surface area contributed by atoms with Gasteiger partial charge >= 0.3 is 0 Å². The molecule has 328 valence electrons. The molecule has 0 amide bonds. The van der Waals surface area contributed by atoms with Crippen LogP contribution in [0.15, 0.2) is 60.6 Å². The Balaban J connectivity index is 0.000000167. The molecular weight excluding hydrogens is 790 g/mol. The number of ketones is 2. The van der Waals surface area contributed by atoms with E-state index in [9.17, 15) is 30.0 Å². The van der Waals surface area contributed by atoms with E-state index in [2.05, 4.69) is 51.5 Å². The second kappa shape index (κ2) is 18.7. The number of H-pyrrole nitrogens is 1. The third-order valence-electron chi connectivity index (χ3n) is 13.7. The molecule has 0 saturated heterocycles. The molecular formula is C45H62ClN5O9. The first-order chi connectivity index (χ1) is 28.5. The van der Waals surface area contributed by atoms with Crippen LogP contribution in [0.3, 0.4) is 0 Å². The van der Waals surface area contributed by atoms with E-state index in [1.165, 1.54) is 37.0 Å². The Morgan fingerprint density at radius 3 is 2.52 bits per heavy atom. The van der Waals surface area contributed by atoms with Gasteiger partial charge in [0.15, 0.2) is 17.2 Å². The smallest absolute Gasteiger partial charge is 0.225 e. The number of aromatic amines is 1. The Labute approximate surface area is 356 Å². The summed E-state index contributed by atoms with van der Waals surface area (Å²) < 4.78 is 11.2. The van der Waals surface area contributed by atoms with Crippen molar-refractivity contribution in [3.05, 3.63) is 66.2 Å². The zero-order valence-corrected chi connectivity index (χ0v) is 36.1. The highest BCUT2D eigenvalue weighted by atomic mass is 35.5. The molecule has 7 N–H and O–H groups in total. The van der Waals surface area contributed by atoms with Gasteiger partial charge in [-0.1, -0.05) is 58.4 Å². The number of rotatable bonds is 13. The van der Waals surface area contributed by atoms with Gasteiger partial charge in [0.25, 0.3) is 0 Å². The second-order valence-electron chi connectivity index (χ2n) is 18.0. The Morgan fingerprint density at radius 1 is 1.12 bits per heavy atom. The maximum atomic E-state index is 12.6. The van der Waals surface area contributed by atoms with Crippen molar-refractivity contribution < 1.29 is 44.6 Å². The number of aromatic hydroxyl groups is 1. The molecule has 15 heteroatoms. The summed E-state index contributed by atoms with van der Waals surface area (Å²) >= 11 is 7.30. The highest BCUT2D eigenvalue weighted by Crippen LogP contribution is 2.71. The highest BCUT2D eigenvalue weighted by molar-refractivity contribution is 6.26. The number of hydrogen-bond donors (Lipinski definition) is 7. The molecule has 3 aromatic rings. The topological polar surface area (TPSA) is 220 Å². The van der Waals surface area contributed by atoms with Gasteiger partial charge < -0.3 is 40.3 Å². The van der Waals surface area contributed by atoms with Gasteiger partial charge in [-0.05, 0) is 98.5 Å². The van der Waals surface area contributed by atoms with E-state index in [1.54, 1.807) is 6.08 Å². The molecule has 4 fully saturated rings. The van der Waals surface area contributed by atoms with Crippen LogP contribution >= 0.6 is 11.6 Å². The minimum atomic E-state index is -1.68. The van der Waals surface area contributed by atoms with Crippen molar-refractivity contribution in [3.63, 3.8) is 0 Å². The lowest BCUT2D eigenvalue weighted by Crippen LogP contribution is -2.69. The average Bonchev–Trinajstić information content (AvgIpc) is 3.88. The molecule has 0 bridgehead atoms. The Kier molecular flexibility index (Phi) is 14.3. The summed E-state index contributed by atoms with van der Waals surface area (Å²) in [5.74, 6) is 0.432. The number of fused-ring (bicyclic) bond motifs is 6. The number of alkyl halides is 1. The van der Waals surface area contributed by atoms with Crippen molar-refractivity contribution >= 4 is 34.2 Å². The number of allylic oxidation sites excluding steroid dienone is 4. The lowest BCUT2D eigenvalue weighted by molar-refractivity contribution is -0.179. The minimum Gasteiger partial charge on any atom is -0.493 e. The largest absolute Gasteiger partial charge is 0.493 e. The van der Waals surface area contributed by atoms with Gasteiger partial charge in [0.05, 0.1) is 23.8 Å². The van der Waals surface area contributed by atoms with Crippen LogP contribution in [0.25, 0.3) is 11.0 Å². The summed E-state index contributed by atoms with van der Waals surface area (Å²) in [5, 5.41) is 61.2. The molecule has 60 heavy (non-hydrogen) atoms. The Bertz CT molecular complexity index is 2020. The van der Waals surface area contributed by atoms with E-state index < -0.39 is 45.9 Å². The van der Waals surface area contributed by atoms with Crippen LogP contribution in [0.1, 0.15) is 78.7 Å². The molecule has 2 heterocycles. The fourth-order valence-corrected chi connectivity index (χ4v) is 10.6. The fourth-order valence-electron chi connectivity index (χ4n) is 10.1. The standard InChI is InChI=1S/C22H29ClO5.C18H29NO3.C5H4N4O/c1-12-8-16-15-5-4-13-9-14(25)6-7-19(13,2)21(15,23)17(26)10-20(16,3)22(12,28)18(27)11-24;1-14(2)19-11-17(20)13-22-18-7-5-15(6-8-18)9-10-21-12-16-3-4-16;10-5-3-1-8-9-4(3)6-2-7-5/h6-7,9,12,15-17,24,26,28H,4-5,8,10-11H2,1-3H3;5-8,14,16-17,19-20H,3-4,9-13H2,1-2H3;1-2H,(H2,6,7,8,9,10)/t12-,15-,16-,17-,19-,20-,21-,22-;;/m0../s1. The first-order valence-electron chi connectivity index (χ1n) is 21.2. The number of halogens is 1. The number of ether oxygens (including phenoxy) is 2. The maximum absolute atomic E-state index is 12.6. The summed E-state index contributed by atoms with van der Waals surface area (Å²) in [6.45, 7) is 11.7. The van der Waals surface area contributed by atoms with Gasteiger partial charge in [-0.15, -0.1) is 11.6 Å². The van der Waals surface area contributed by atoms with Crippen molar-refractivity contribution in [1.29, 1.82) is 0 Å². The number of aliphatic hydroxyl groups excluding tert-OH is 3. The number of Topliss-reactive ketones (excluding diaryl/α,β-unsaturated/α-hetero) is 1. The number of aliphatic hydroxyl groups is 4. The maximum Gasteiger partial charge on any atom is 0.225 e. The van der Waals surface area contributed by atoms with Crippen LogP contribution in [0.4, 0.5) is 0 Å². The second-order valence-corrected chi connectivity index (χ2v) is 18.6. The van der Waals surface area contributed by atoms with Gasteiger partial charge in [-0.25, -0.2) is 9.97 Å². The molecule has 0 spiro atoms. The molecule has 2 aromatic heterocycles. The van der Waals surface area contributed by atoms with Crippen molar-refractivity contribution in [2.24, 2.45) is 34.5 Å². The average molecular weight is 852 g/mol. The molecule has 5 aliphatic carbocycles. The van der Waals surface area contributed by atoms with E-state index in [0.717, 1.165) is 36.9 Å². The van der Waals surface area contributed by atoms with E-state index in [-0.39, 0.29) is 35.8 Å². The molecule has 5 aliphatic rings. The van der Waals surface area contributed by atoms with Crippen LogP contribution in [0.2, 0.25) is 0 Å². The lowest BCUT2D eigenvalue weighted by Gasteiger charge is -2.63. The fraction of sp³-hybridized carbons (Fsp3) is 0.622. The summed E-state index contributed by atoms with van der Waals surface area (Å²) in [6, 6.07) is 8.41. The number of carbonyl (C=O) groups excluding carboxylic acids is 2. The summed E-state index contributed by atoms with van der Waals surface area (Å²) in [4.78, 5) is 30.9. The van der Waals surface area contributed by atoms with Crippen LogP contribution in [0, 0.1) is 34.5 Å². The van der Waals surface area contributed by atoms with Crippen LogP contribution in [-0.4, -0.2) is 119 Å². The van der Waals surface area contributed by atoms with Gasteiger partial charge in [-0.2, -0.15) is 5.10 Å².